The largest absolute Gasteiger partial charge is 0.343 e. The number of rotatable bonds is 4. The minimum atomic E-state index is -0.313. The maximum atomic E-state index is 13.6. The fourth-order valence-corrected chi connectivity index (χ4v) is 6.53. The van der Waals surface area contributed by atoms with E-state index in [1.54, 1.807) is 4.90 Å². The number of likely N-dealkylation sites (tertiary alicyclic amines) is 1. The summed E-state index contributed by atoms with van der Waals surface area (Å²) in [6.45, 7) is 9.36. The topological polar surface area (TPSA) is 99.9 Å². The number of aryl methyl sites for hydroxylation is 1. The van der Waals surface area contributed by atoms with Gasteiger partial charge in [0.05, 0.1) is 6.54 Å². The molecule has 9 nitrogen and oxygen atoms in total. The minimum absolute atomic E-state index is 0.000472. The monoisotopic (exact) mass is 502 g/mol. The van der Waals surface area contributed by atoms with E-state index >= 15 is 0 Å². The lowest BCUT2D eigenvalue weighted by atomic mass is 9.88. The van der Waals surface area contributed by atoms with Gasteiger partial charge in [0.1, 0.15) is 12.4 Å². The maximum absolute atomic E-state index is 13.6. The highest BCUT2D eigenvalue weighted by Gasteiger charge is 2.37. The fraction of sp³-hybridized carbons (Fsp3) is 0.536. The molecule has 1 aromatic heterocycles. The van der Waals surface area contributed by atoms with Crippen LogP contribution in [0.3, 0.4) is 0 Å². The molecule has 1 N–H and O–H groups in total. The number of fused-ring (bicyclic) bond motifs is 4. The molecule has 0 spiro atoms. The number of piperidine rings is 1. The summed E-state index contributed by atoms with van der Waals surface area (Å²) in [6.07, 6.45) is 6.58. The van der Waals surface area contributed by atoms with Gasteiger partial charge in [-0.25, -0.2) is 9.78 Å². The van der Waals surface area contributed by atoms with Gasteiger partial charge >= 0.3 is 6.03 Å². The molecule has 6 rings (SSSR count). The molecule has 9 heteroatoms. The third-order valence-electron chi connectivity index (χ3n) is 8.53. The van der Waals surface area contributed by atoms with Gasteiger partial charge < -0.3 is 14.4 Å². The Kier molecular flexibility index (Phi) is 5.88. The number of carbonyl (C=O) groups is 3. The molecular weight excluding hydrogens is 468 g/mol. The zero-order chi connectivity index (χ0) is 25.8. The second kappa shape index (κ2) is 9.11. The summed E-state index contributed by atoms with van der Waals surface area (Å²) in [5.74, 6) is 1.21. The van der Waals surface area contributed by atoms with Crippen LogP contribution in [0.4, 0.5) is 4.79 Å². The van der Waals surface area contributed by atoms with E-state index in [1.807, 2.05) is 17.3 Å². The van der Waals surface area contributed by atoms with Crippen molar-refractivity contribution in [3.05, 3.63) is 51.6 Å². The third kappa shape index (κ3) is 4.14. The molecule has 2 fully saturated rings. The van der Waals surface area contributed by atoms with Crippen molar-refractivity contribution in [3.8, 4) is 0 Å². The highest BCUT2D eigenvalue weighted by atomic mass is 16.2. The Morgan fingerprint density at radius 3 is 2.65 bits per heavy atom. The number of nitrogens with zero attached hydrogens (tertiary/aromatic N) is 5. The lowest BCUT2D eigenvalue weighted by molar-refractivity contribution is -0.133. The van der Waals surface area contributed by atoms with Crippen molar-refractivity contribution < 1.29 is 14.4 Å². The number of imidazole rings is 1. The number of urea groups is 1. The fourth-order valence-electron chi connectivity index (χ4n) is 6.53. The minimum Gasteiger partial charge on any atom is -0.343 e. The van der Waals surface area contributed by atoms with Gasteiger partial charge in [-0.3, -0.25) is 19.9 Å². The van der Waals surface area contributed by atoms with Crippen LogP contribution in [0.2, 0.25) is 0 Å². The van der Waals surface area contributed by atoms with E-state index in [4.69, 9.17) is 4.98 Å². The van der Waals surface area contributed by atoms with Crippen molar-refractivity contribution >= 4 is 24.1 Å². The van der Waals surface area contributed by atoms with Crippen LogP contribution in [-0.4, -0.2) is 69.1 Å². The van der Waals surface area contributed by atoms with E-state index in [0.717, 1.165) is 25.3 Å². The molecule has 0 bridgehead atoms. The van der Waals surface area contributed by atoms with Crippen molar-refractivity contribution in [3.63, 3.8) is 0 Å². The summed E-state index contributed by atoms with van der Waals surface area (Å²) in [5, 5.41) is 2.36. The smallest absolute Gasteiger partial charge is 0.324 e. The average Bonchev–Trinajstić information content (AvgIpc) is 3.57. The first-order valence-electron chi connectivity index (χ1n) is 13.4. The molecule has 2 aromatic rings. The van der Waals surface area contributed by atoms with E-state index < -0.39 is 0 Å². The Hall–Kier alpha value is -3.49. The van der Waals surface area contributed by atoms with Crippen LogP contribution < -0.4 is 5.32 Å². The Bertz CT molecular complexity index is 1320. The van der Waals surface area contributed by atoms with Gasteiger partial charge in [0.15, 0.2) is 0 Å². The molecule has 4 aliphatic heterocycles. The van der Waals surface area contributed by atoms with E-state index in [1.165, 1.54) is 33.5 Å². The standard InChI is InChI=1S/C28H34N6O3/c1-16(2)24-13-30-27-19(9-18-8-17(3)21-11-29-12-22(21)23(18)14-34(24)27)10-26(36)32-6-4-20(5-7-32)33-15-25(35)31-28(33)37/h8,12-13,16,19-20H,4-7,9-11,14-15H2,1-3H3,(H,31,35,37)/t19-/m0/s1. The zero-order valence-electron chi connectivity index (χ0n) is 21.8. The number of hydrogen-bond acceptors (Lipinski definition) is 5. The molecule has 0 saturated carbocycles. The van der Waals surface area contributed by atoms with E-state index in [-0.39, 0.29) is 36.3 Å². The van der Waals surface area contributed by atoms with Crippen LogP contribution in [0.5, 0.6) is 0 Å². The SMILES string of the molecule is Cc1cc2c(c3c1CN=C3)Cn1c(C(C)C)cnc1[C@H](CC(=O)N1CCC(N3CC(=O)NC3=O)CC1)C2. The lowest BCUT2D eigenvalue weighted by Crippen LogP contribution is -2.48. The summed E-state index contributed by atoms with van der Waals surface area (Å²) in [7, 11) is 0. The summed E-state index contributed by atoms with van der Waals surface area (Å²) in [5.41, 5.74) is 7.65. The molecule has 37 heavy (non-hydrogen) atoms. The number of amides is 4. The molecule has 1 atom stereocenters. The number of aromatic nitrogens is 2. The average molecular weight is 503 g/mol. The van der Waals surface area contributed by atoms with Crippen molar-refractivity contribution in [2.45, 2.75) is 77.4 Å². The summed E-state index contributed by atoms with van der Waals surface area (Å²) >= 11 is 0. The number of nitrogens with one attached hydrogen (secondary N) is 1. The van der Waals surface area contributed by atoms with Crippen molar-refractivity contribution in [1.29, 1.82) is 0 Å². The zero-order valence-corrected chi connectivity index (χ0v) is 21.8. The number of benzene rings is 1. The highest BCUT2D eigenvalue weighted by molar-refractivity contribution is 6.02. The molecule has 194 valence electrons. The summed E-state index contributed by atoms with van der Waals surface area (Å²) < 4.78 is 2.34. The van der Waals surface area contributed by atoms with Gasteiger partial charge in [-0.15, -0.1) is 0 Å². The molecule has 2 saturated heterocycles. The second-order valence-corrected chi connectivity index (χ2v) is 11.2. The van der Waals surface area contributed by atoms with Crippen LogP contribution in [0, 0.1) is 6.92 Å². The first-order chi connectivity index (χ1) is 17.8. The van der Waals surface area contributed by atoms with Gasteiger partial charge in [0, 0.05) is 61.7 Å². The van der Waals surface area contributed by atoms with Crippen LogP contribution in [0.15, 0.2) is 17.3 Å². The first-order valence-corrected chi connectivity index (χ1v) is 13.4. The number of hydrogen-bond donors (Lipinski definition) is 1. The Morgan fingerprint density at radius 1 is 1.16 bits per heavy atom. The van der Waals surface area contributed by atoms with Crippen LogP contribution in [-0.2, 0) is 29.1 Å². The maximum Gasteiger partial charge on any atom is 0.324 e. The van der Waals surface area contributed by atoms with Crippen molar-refractivity contribution in [2.75, 3.05) is 19.6 Å². The van der Waals surface area contributed by atoms with Crippen LogP contribution in [0.25, 0.3) is 0 Å². The van der Waals surface area contributed by atoms with Gasteiger partial charge in [0.2, 0.25) is 11.8 Å². The first kappa shape index (κ1) is 23.9. The van der Waals surface area contributed by atoms with Crippen molar-refractivity contribution in [1.82, 2.24) is 24.7 Å². The lowest BCUT2D eigenvalue weighted by Gasteiger charge is -2.36. The van der Waals surface area contributed by atoms with Gasteiger partial charge in [0.25, 0.3) is 0 Å². The summed E-state index contributed by atoms with van der Waals surface area (Å²) in [4.78, 5) is 50.2. The number of imide groups is 1. The Morgan fingerprint density at radius 2 is 1.95 bits per heavy atom. The molecule has 4 amide bonds. The predicted molar refractivity (Wildman–Crippen MR) is 139 cm³/mol. The van der Waals surface area contributed by atoms with E-state index in [0.29, 0.717) is 38.3 Å². The molecule has 0 radical (unpaired) electrons. The van der Waals surface area contributed by atoms with E-state index in [2.05, 4.69) is 41.7 Å². The second-order valence-electron chi connectivity index (χ2n) is 11.2. The Labute approximate surface area is 216 Å². The molecule has 0 unspecified atom stereocenters. The van der Waals surface area contributed by atoms with Gasteiger partial charge in [-0.2, -0.15) is 0 Å². The molecule has 0 aliphatic carbocycles. The highest BCUT2D eigenvalue weighted by Crippen LogP contribution is 2.37. The summed E-state index contributed by atoms with van der Waals surface area (Å²) in [6, 6.07) is 1.99. The third-order valence-corrected chi connectivity index (χ3v) is 8.53. The molecule has 5 heterocycles. The van der Waals surface area contributed by atoms with Gasteiger partial charge in [-0.1, -0.05) is 19.9 Å². The number of carbonyl (C=O) groups excluding carboxylic acids is 3. The van der Waals surface area contributed by atoms with E-state index in [9.17, 15) is 14.4 Å². The van der Waals surface area contributed by atoms with Crippen molar-refractivity contribution in [2.24, 2.45) is 4.99 Å². The molecule has 4 aliphatic rings. The molecular formula is C28H34N6O3. The Balaban J connectivity index is 1.24. The normalized spacial score (nSPS) is 21.2. The predicted octanol–water partition coefficient (Wildman–Crippen LogP) is 2.87. The van der Waals surface area contributed by atoms with Crippen LogP contribution in [0.1, 0.15) is 84.3 Å². The van der Waals surface area contributed by atoms with Crippen LogP contribution >= 0.6 is 0 Å². The van der Waals surface area contributed by atoms with Gasteiger partial charge in [-0.05, 0) is 54.4 Å². The quantitative estimate of drug-likeness (QED) is 0.650. The molecule has 1 aromatic carbocycles. The number of aliphatic imine (C=N–C) groups is 1.